The highest BCUT2D eigenvalue weighted by Crippen LogP contribution is 2.24. The van der Waals surface area contributed by atoms with Crippen LogP contribution < -0.4 is 10.1 Å². The van der Waals surface area contributed by atoms with Gasteiger partial charge in [-0.15, -0.1) is 6.58 Å². The first kappa shape index (κ1) is 24.1. The van der Waals surface area contributed by atoms with Gasteiger partial charge in [-0.1, -0.05) is 32.1 Å². The van der Waals surface area contributed by atoms with E-state index in [-0.39, 0.29) is 25.0 Å². The minimum atomic E-state index is -0.372. The molecule has 168 valence electrons. The van der Waals surface area contributed by atoms with Crippen molar-refractivity contribution in [2.75, 3.05) is 31.6 Å². The number of urea groups is 1. The second-order valence-electron chi connectivity index (χ2n) is 7.81. The fourth-order valence-electron chi connectivity index (χ4n) is 3.24. The molecule has 1 N–H and O–H groups in total. The van der Waals surface area contributed by atoms with Crippen molar-refractivity contribution in [1.29, 1.82) is 0 Å². The average molecular weight is 427 g/mol. The first-order chi connectivity index (χ1) is 14.8. The maximum Gasteiger partial charge on any atom is 0.322 e. The smallest absolute Gasteiger partial charge is 0.322 e. The lowest BCUT2D eigenvalue weighted by molar-refractivity contribution is -0.132. The zero-order valence-electron chi connectivity index (χ0n) is 19.0. The maximum absolute atomic E-state index is 13.2. The van der Waals surface area contributed by atoms with Crippen LogP contribution in [0.5, 0.6) is 5.75 Å². The van der Waals surface area contributed by atoms with Gasteiger partial charge in [0.25, 0.3) is 0 Å². The minimum absolute atomic E-state index is 0.0359. The predicted octanol–water partition coefficient (Wildman–Crippen LogP) is 4.13. The van der Waals surface area contributed by atoms with Crippen LogP contribution in [0.3, 0.4) is 0 Å². The molecule has 0 saturated heterocycles. The molecule has 1 aromatic carbocycles. The molecule has 0 aliphatic rings. The molecule has 1 heterocycles. The van der Waals surface area contributed by atoms with Gasteiger partial charge in [-0.2, -0.15) is 0 Å². The van der Waals surface area contributed by atoms with Crippen molar-refractivity contribution in [1.82, 2.24) is 14.4 Å². The lowest BCUT2D eigenvalue weighted by Crippen LogP contribution is -2.45. The van der Waals surface area contributed by atoms with E-state index in [0.29, 0.717) is 37.1 Å². The number of hydrogen-bond acceptors (Lipinski definition) is 3. The summed E-state index contributed by atoms with van der Waals surface area (Å²) in [5.41, 5.74) is 1.61. The Morgan fingerprint density at radius 3 is 2.55 bits per heavy atom. The number of anilines is 1. The van der Waals surface area contributed by atoms with E-state index in [0.717, 1.165) is 5.69 Å². The van der Waals surface area contributed by atoms with E-state index >= 15 is 0 Å². The predicted molar refractivity (Wildman–Crippen MR) is 124 cm³/mol. The van der Waals surface area contributed by atoms with Crippen LogP contribution in [0, 0.1) is 5.92 Å². The third-order valence-corrected chi connectivity index (χ3v) is 4.73. The van der Waals surface area contributed by atoms with Gasteiger partial charge in [0.1, 0.15) is 12.3 Å². The topological polar surface area (TPSA) is 66.8 Å². The highest BCUT2D eigenvalue weighted by Gasteiger charge is 2.22. The van der Waals surface area contributed by atoms with E-state index in [4.69, 9.17) is 4.74 Å². The van der Waals surface area contributed by atoms with E-state index in [1.165, 1.54) is 4.90 Å². The first-order valence-electron chi connectivity index (χ1n) is 10.6. The number of hydrogen-bond donors (Lipinski definition) is 1. The van der Waals surface area contributed by atoms with Crippen LogP contribution in [0.15, 0.2) is 55.3 Å². The molecule has 7 heteroatoms. The third-order valence-electron chi connectivity index (χ3n) is 4.73. The van der Waals surface area contributed by atoms with Crippen LogP contribution in [0.1, 0.15) is 26.5 Å². The molecule has 0 aliphatic heterocycles. The lowest BCUT2D eigenvalue weighted by atomic mass is 10.2. The highest BCUT2D eigenvalue weighted by molar-refractivity contribution is 5.93. The van der Waals surface area contributed by atoms with E-state index in [1.807, 2.05) is 49.0 Å². The summed E-state index contributed by atoms with van der Waals surface area (Å²) < 4.78 is 7.58. The molecule has 31 heavy (non-hydrogen) atoms. The van der Waals surface area contributed by atoms with Crippen molar-refractivity contribution in [2.45, 2.75) is 27.3 Å². The molecule has 0 saturated carbocycles. The second kappa shape index (κ2) is 11.8. The lowest BCUT2D eigenvalue weighted by Gasteiger charge is -2.28. The van der Waals surface area contributed by atoms with Gasteiger partial charge in [0.05, 0.1) is 18.8 Å². The first-order valence-corrected chi connectivity index (χ1v) is 10.6. The molecule has 7 nitrogen and oxygen atoms in total. The molecule has 3 amide bonds. The van der Waals surface area contributed by atoms with Gasteiger partial charge in [0, 0.05) is 32.0 Å². The van der Waals surface area contributed by atoms with E-state index in [2.05, 4.69) is 25.7 Å². The van der Waals surface area contributed by atoms with Gasteiger partial charge >= 0.3 is 6.03 Å². The van der Waals surface area contributed by atoms with Crippen molar-refractivity contribution >= 4 is 17.6 Å². The maximum atomic E-state index is 13.2. The minimum Gasteiger partial charge on any atom is -0.492 e. The number of aromatic nitrogens is 1. The van der Waals surface area contributed by atoms with Gasteiger partial charge < -0.3 is 24.4 Å². The molecule has 0 atom stereocenters. The monoisotopic (exact) mass is 426 g/mol. The Balaban J connectivity index is 2.13. The van der Waals surface area contributed by atoms with E-state index < -0.39 is 0 Å². The van der Waals surface area contributed by atoms with Crippen LogP contribution >= 0.6 is 0 Å². The number of carbonyl (C=O) groups is 2. The number of para-hydroxylation sites is 2. The highest BCUT2D eigenvalue weighted by atomic mass is 16.5. The standard InChI is InChI=1S/C24H34N4O3/c1-6-14-27(24(30)25-21-12-8-9-13-22(21)31-7-2)18-23(29)28(16-19(3)4)17-20-11-10-15-26(20)5/h6,8-13,15,19H,1,7,14,16-18H2,2-5H3,(H,25,30). The zero-order chi connectivity index (χ0) is 22.8. The summed E-state index contributed by atoms with van der Waals surface area (Å²) in [6.07, 6.45) is 3.58. The van der Waals surface area contributed by atoms with Crippen LogP contribution in [-0.4, -0.2) is 52.5 Å². The number of aryl methyl sites for hydroxylation is 1. The molecule has 0 aliphatic carbocycles. The largest absolute Gasteiger partial charge is 0.492 e. The fourth-order valence-corrected chi connectivity index (χ4v) is 3.24. The Morgan fingerprint density at radius 1 is 1.19 bits per heavy atom. The number of carbonyl (C=O) groups excluding carboxylic acids is 2. The van der Waals surface area contributed by atoms with Gasteiger partial charge in [0.15, 0.2) is 0 Å². The molecule has 0 bridgehead atoms. The van der Waals surface area contributed by atoms with Gasteiger partial charge in [0.2, 0.25) is 5.91 Å². The van der Waals surface area contributed by atoms with Gasteiger partial charge in [-0.3, -0.25) is 4.79 Å². The molecule has 0 unspecified atom stereocenters. The second-order valence-corrected chi connectivity index (χ2v) is 7.81. The number of ether oxygens (including phenoxy) is 1. The quantitative estimate of drug-likeness (QED) is 0.550. The van der Waals surface area contributed by atoms with Crippen LogP contribution in [0.4, 0.5) is 10.5 Å². The summed E-state index contributed by atoms with van der Waals surface area (Å²) in [4.78, 5) is 29.4. The molecule has 2 rings (SSSR count). The summed E-state index contributed by atoms with van der Waals surface area (Å²) in [6, 6.07) is 10.8. The molecule has 0 spiro atoms. The molecule has 1 aromatic heterocycles. The fraction of sp³-hybridized carbons (Fsp3) is 0.417. The average Bonchev–Trinajstić information content (AvgIpc) is 3.13. The Labute approximate surface area is 185 Å². The molecular formula is C24H34N4O3. The number of nitrogens with one attached hydrogen (secondary N) is 1. The Hall–Kier alpha value is -3.22. The van der Waals surface area contributed by atoms with Crippen molar-refractivity contribution in [3.8, 4) is 5.75 Å². The molecule has 0 fully saturated rings. The van der Waals surface area contributed by atoms with Crippen LogP contribution in [0.2, 0.25) is 0 Å². The van der Waals surface area contributed by atoms with Crippen LogP contribution in [-0.2, 0) is 18.4 Å². The van der Waals surface area contributed by atoms with Crippen molar-refractivity contribution in [3.05, 3.63) is 60.9 Å². The number of rotatable bonds is 11. The SMILES string of the molecule is C=CCN(CC(=O)N(Cc1cccn1C)CC(C)C)C(=O)Nc1ccccc1OCC. The summed E-state index contributed by atoms with van der Waals surface area (Å²) in [5.74, 6) is 0.794. The number of amides is 3. The van der Waals surface area contributed by atoms with E-state index in [1.54, 1.807) is 23.1 Å². The normalized spacial score (nSPS) is 10.6. The van der Waals surface area contributed by atoms with Crippen molar-refractivity contribution in [2.24, 2.45) is 13.0 Å². The van der Waals surface area contributed by atoms with Gasteiger partial charge in [-0.05, 0) is 37.1 Å². The van der Waals surface area contributed by atoms with E-state index in [9.17, 15) is 9.59 Å². The zero-order valence-corrected chi connectivity index (χ0v) is 19.0. The molecular weight excluding hydrogens is 392 g/mol. The summed E-state index contributed by atoms with van der Waals surface area (Å²) in [7, 11) is 1.96. The number of benzene rings is 1. The summed E-state index contributed by atoms with van der Waals surface area (Å²) in [5, 5.41) is 2.86. The molecule has 2 aromatic rings. The number of nitrogens with zero attached hydrogens (tertiary/aromatic N) is 3. The van der Waals surface area contributed by atoms with Crippen LogP contribution in [0.25, 0.3) is 0 Å². The Bertz CT molecular complexity index is 875. The summed E-state index contributed by atoms with van der Waals surface area (Å²) in [6.45, 7) is 11.6. The molecule has 0 radical (unpaired) electrons. The third kappa shape index (κ3) is 7.20. The van der Waals surface area contributed by atoms with Crippen molar-refractivity contribution < 1.29 is 14.3 Å². The Morgan fingerprint density at radius 2 is 1.94 bits per heavy atom. The van der Waals surface area contributed by atoms with Crippen molar-refractivity contribution in [3.63, 3.8) is 0 Å². The Kier molecular flexibility index (Phi) is 9.18. The summed E-state index contributed by atoms with van der Waals surface area (Å²) >= 11 is 0. The van der Waals surface area contributed by atoms with Gasteiger partial charge in [-0.25, -0.2) is 4.79 Å².